The minimum absolute atomic E-state index is 0.557. The van der Waals surface area contributed by atoms with Gasteiger partial charge in [0.15, 0.2) is 0 Å². The van der Waals surface area contributed by atoms with Gasteiger partial charge in [0.05, 0.1) is 0 Å². The van der Waals surface area contributed by atoms with Crippen LogP contribution in [0.3, 0.4) is 0 Å². The molecule has 1 fully saturated rings. The van der Waals surface area contributed by atoms with Crippen molar-refractivity contribution in [3.8, 4) is 0 Å². The van der Waals surface area contributed by atoms with Crippen molar-refractivity contribution in [1.29, 1.82) is 0 Å². The summed E-state index contributed by atoms with van der Waals surface area (Å²) in [6.45, 7) is 5.74. The van der Waals surface area contributed by atoms with Crippen molar-refractivity contribution in [2.75, 3.05) is 31.6 Å². The molecule has 19 heavy (non-hydrogen) atoms. The highest BCUT2D eigenvalue weighted by Gasteiger charge is 2.24. The number of nitrogens with zero attached hydrogens (tertiary/aromatic N) is 2. The molecule has 1 heterocycles. The van der Waals surface area contributed by atoms with Crippen LogP contribution in [0.5, 0.6) is 0 Å². The summed E-state index contributed by atoms with van der Waals surface area (Å²) >= 11 is 9.57. The number of benzene rings is 1. The molecule has 4 heteroatoms. The minimum atomic E-state index is 0.557. The number of likely N-dealkylation sites (N-methyl/N-ethyl adjacent to an activating group) is 2. The second-order valence-electron chi connectivity index (χ2n) is 5.21. The van der Waals surface area contributed by atoms with Gasteiger partial charge >= 0.3 is 0 Å². The van der Waals surface area contributed by atoms with E-state index in [4.69, 9.17) is 11.6 Å². The van der Waals surface area contributed by atoms with Gasteiger partial charge < -0.3 is 4.90 Å². The predicted octanol–water partition coefficient (Wildman–Crippen LogP) is 4.11. The van der Waals surface area contributed by atoms with Crippen LogP contribution in [0.1, 0.15) is 25.3 Å². The van der Waals surface area contributed by atoms with Crippen LogP contribution in [-0.4, -0.2) is 37.6 Å². The predicted molar refractivity (Wildman–Crippen MR) is 87.2 cm³/mol. The average Bonchev–Trinajstić information content (AvgIpc) is 2.85. The quantitative estimate of drug-likeness (QED) is 0.741. The zero-order valence-corrected chi connectivity index (χ0v) is 14.0. The fourth-order valence-electron chi connectivity index (χ4n) is 2.97. The fraction of sp³-hybridized carbons (Fsp3) is 0.600. The molecule has 0 bridgehead atoms. The Kier molecular flexibility index (Phi) is 5.55. The molecule has 2 nitrogen and oxygen atoms in total. The summed E-state index contributed by atoms with van der Waals surface area (Å²) in [5.41, 5.74) is 2.45. The lowest BCUT2D eigenvalue weighted by molar-refractivity contribution is 0.270. The fourth-order valence-corrected chi connectivity index (χ4v) is 3.59. The summed E-state index contributed by atoms with van der Waals surface area (Å²) in [5, 5.41) is 0. The zero-order chi connectivity index (χ0) is 13.8. The molecule has 0 spiro atoms. The molecule has 1 unspecified atom stereocenters. The third-order valence-electron chi connectivity index (χ3n) is 3.99. The molecule has 1 saturated heterocycles. The van der Waals surface area contributed by atoms with Gasteiger partial charge in [-0.2, -0.15) is 0 Å². The molecule has 0 aliphatic carbocycles. The summed E-state index contributed by atoms with van der Waals surface area (Å²) in [6, 6.07) is 7.05. The zero-order valence-electron chi connectivity index (χ0n) is 11.7. The third kappa shape index (κ3) is 3.65. The van der Waals surface area contributed by atoms with Gasteiger partial charge in [-0.25, -0.2) is 0 Å². The van der Waals surface area contributed by atoms with E-state index in [0.717, 1.165) is 17.6 Å². The normalized spacial score (nSPS) is 19.9. The summed E-state index contributed by atoms with van der Waals surface area (Å²) in [6.07, 6.45) is 2.64. The first kappa shape index (κ1) is 15.1. The van der Waals surface area contributed by atoms with Crippen molar-refractivity contribution in [3.05, 3.63) is 28.2 Å². The molecule has 0 radical (unpaired) electrons. The van der Waals surface area contributed by atoms with Crippen LogP contribution in [0.25, 0.3) is 0 Å². The Morgan fingerprint density at radius 2 is 2.26 bits per heavy atom. The van der Waals surface area contributed by atoms with Crippen molar-refractivity contribution in [3.63, 3.8) is 0 Å². The number of hydrogen-bond acceptors (Lipinski definition) is 2. The molecule has 0 saturated carbocycles. The van der Waals surface area contributed by atoms with Crippen LogP contribution in [0.4, 0.5) is 5.69 Å². The Labute approximate surface area is 129 Å². The number of hydrogen-bond donors (Lipinski definition) is 0. The maximum Gasteiger partial charge on any atom is 0.0494 e. The average molecular weight is 346 g/mol. The summed E-state index contributed by atoms with van der Waals surface area (Å²) in [7, 11) is 2.17. The van der Waals surface area contributed by atoms with E-state index < -0.39 is 0 Å². The standard InChI is InChI=1S/C15H22BrClN2/c1-3-19-8-4-5-14(19)11-18(2)15-7-6-13(16)9-12(15)10-17/h6-7,9,14H,3-5,8,10-11H2,1-2H3. The van der Waals surface area contributed by atoms with E-state index in [9.17, 15) is 0 Å². The van der Waals surface area contributed by atoms with Gasteiger partial charge in [-0.1, -0.05) is 22.9 Å². The van der Waals surface area contributed by atoms with Crippen molar-refractivity contribution >= 4 is 33.2 Å². The molecule has 0 N–H and O–H groups in total. The van der Waals surface area contributed by atoms with Crippen molar-refractivity contribution in [1.82, 2.24) is 4.90 Å². The number of rotatable bonds is 5. The minimum Gasteiger partial charge on any atom is -0.373 e. The molecule has 1 aliphatic heterocycles. The molecular weight excluding hydrogens is 324 g/mol. The smallest absolute Gasteiger partial charge is 0.0494 e. The SMILES string of the molecule is CCN1CCCC1CN(C)c1ccc(Br)cc1CCl. The van der Waals surface area contributed by atoms with E-state index in [2.05, 4.69) is 57.9 Å². The lowest BCUT2D eigenvalue weighted by atomic mass is 10.1. The van der Waals surface area contributed by atoms with E-state index in [1.807, 2.05) is 0 Å². The second-order valence-corrected chi connectivity index (χ2v) is 6.39. The van der Waals surface area contributed by atoms with Gasteiger partial charge in [-0.05, 0) is 49.7 Å². The molecule has 1 aliphatic rings. The van der Waals surface area contributed by atoms with Gasteiger partial charge in [0.1, 0.15) is 0 Å². The highest BCUT2D eigenvalue weighted by Crippen LogP contribution is 2.27. The number of alkyl halides is 1. The molecular formula is C15H22BrClN2. The van der Waals surface area contributed by atoms with E-state index >= 15 is 0 Å². The Hall–Kier alpha value is -0.250. The number of halogens is 2. The molecule has 2 rings (SSSR count). The van der Waals surface area contributed by atoms with E-state index in [-0.39, 0.29) is 0 Å². The van der Waals surface area contributed by atoms with Crippen LogP contribution in [0.2, 0.25) is 0 Å². The third-order valence-corrected chi connectivity index (χ3v) is 4.77. The Bertz CT molecular complexity index is 425. The Morgan fingerprint density at radius 1 is 1.47 bits per heavy atom. The van der Waals surface area contributed by atoms with Gasteiger partial charge in [-0.15, -0.1) is 11.6 Å². The Morgan fingerprint density at radius 3 is 2.95 bits per heavy atom. The van der Waals surface area contributed by atoms with Crippen LogP contribution in [0, 0.1) is 0 Å². The number of anilines is 1. The highest BCUT2D eigenvalue weighted by molar-refractivity contribution is 9.10. The van der Waals surface area contributed by atoms with Crippen molar-refractivity contribution in [2.24, 2.45) is 0 Å². The van der Waals surface area contributed by atoms with E-state index in [0.29, 0.717) is 11.9 Å². The van der Waals surface area contributed by atoms with Crippen molar-refractivity contribution < 1.29 is 0 Å². The summed E-state index contributed by atoms with van der Waals surface area (Å²) in [5.74, 6) is 0.557. The van der Waals surface area contributed by atoms with Crippen LogP contribution >= 0.6 is 27.5 Å². The first-order chi connectivity index (χ1) is 9.15. The number of likely N-dealkylation sites (tertiary alicyclic amines) is 1. The maximum atomic E-state index is 6.06. The Balaban J connectivity index is 2.09. The lowest BCUT2D eigenvalue weighted by Gasteiger charge is -2.30. The first-order valence-electron chi connectivity index (χ1n) is 6.95. The molecule has 1 atom stereocenters. The topological polar surface area (TPSA) is 6.48 Å². The molecule has 106 valence electrons. The molecule has 0 aromatic heterocycles. The van der Waals surface area contributed by atoms with E-state index in [1.54, 1.807) is 0 Å². The van der Waals surface area contributed by atoms with Crippen LogP contribution < -0.4 is 4.90 Å². The van der Waals surface area contributed by atoms with Gasteiger partial charge in [0.2, 0.25) is 0 Å². The van der Waals surface area contributed by atoms with Gasteiger partial charge in [-0.3, -0.25) is 4.90 Å². The van der Waals surface area contributed by atoms with Crippen LogP contribution in [-0.2, 0) is 5.88 Å². The van der Waals surface area contributed by atoms with E-state index in [1.165, 1.54) is 30.6 Å². The first-order valence-corrected chi connectivity index (χ1v) is 8.28. The summed E-state index contributed by atoms with van der Waals surface area (Å²) in [4.78, 5) is 4.93. The maximum absolute atomic E-state index is 6.06. The summed E-state index contributed by atoms with van der Waals surface area (Å²) < 4.78 is 1.09. The molecule has 0 amide bonds. The van der Waals surface area contributed by atoms with Crippen LogP contribution in [0.15, 0.2) is 22.7 Å². The lowest BCUT2D eigenvalue weighted by Crippen LogP contribution is -2.39. The molecule has 1 aromatic rings. The van der Waals surface area contributed by atoms with Gasteiger partial charge in [0.25, 0.3) is 0 Å². The van der Waals surface area contributed by atoms with Gasteiger partial charge in [0, 0.05) is 35.7 Å². The largest absolute Gasteiger partial charge is 0.373 e. The highest BCUT2D eigenvalue weighted by atomic mass is 79.9. The van der Waals surface area contributed by atoms with Crippen molar-refractivity contribution in [2.45, 2.75) is 31.7 Å². The monoisotopic (exact) mass is 344 g/mol. The molecule has 1 aromatic carbocycles. The second kappa shape index (κ2) is 6.96.